The minimum Gasteiger partial charge on any atom is -0.302 e. The van der Waals surface area contributed by atoms with Crippen LogP contribution in [-0.4, -0.2) is 60.3 Å². The number of carbonyl (C=O) groups excluding carboxylic acids is 2. The highest BCUT2D eigenvalue weighted by Crippen LogP contribution is 2.37. The van der Waals surface area contributed by atoms with Crippen LogP contribution in [0, 0.1) is 6.92 Å². The maximum absolute atomic E-state index is 13.6. The summed E-state index contributed by atoms with van der Waals surface area (Å²) in [6.07, 6.45) is 1.16. The van der Waals surface area contributed by atoms with Crippen LogP contribution in [0.1, 0.15) is 18.1 Å². The first-order valence-electron chi connectivity index (χ1n) is 10.7. The lowest BCUT2D eigenvalue weighted by Gasteiger charge is -2.40. The number of aliphatic imine (C=N–C) groups is 1. The van der Waals surface area contributed by atoms with Gasteiger partial charge in [-0.1, -0.05) is 24.3 Å². The van der Waals surface area contributed by atoms with Gasteiger partial charge >= 0.3 is 6.03 Å². The highest BCUT2D eigenvalue weighted by molar-refractivity contribution is 7.89. The monoisotopic (exact) mass is 480 g/mol. The van der Waals surface area contributed by atoms with Crippen molar-refractivity contribution in [1.29, 1.82) is 0 Å². The molecule has 0 spiro atoms. The van der Waals surface area contributed by atoms with Crippen LogP contribution >= 0.6 is 0 Å². The van der Waals surface area contributed by atoms with E-state index in [2.05, 4.69) is 0 Å². The van der Waals surface area contributed by atoms with Crippen molar-refractivity contribution >= 4 is 33.6 Å². The minimum atomic E-state index is -3.82. The van der Waals surface area contributed by atoms with E-state index in [1.165, 1.54) is 21.9 Å². The Morgan fingerprint density at radius 2 is 1.71 bits per heavy atom. The number of benzene rings is 2. The first kappa shape index (κ1) is 22.1. The van der Waals surface area contributed by atoms with E-state index >= 15 is 0 Å². The standard InChI is InChI=1S/C23H24N6O4S/c1-14-6-4-5-7-16(14)13-28-21(30)19-20(26(3)23(28)31)25-22-27(19)12-15(2)29(22)17-8-10-18(11-9-17)34(24,32)33/h4-12,19-20H,13H2,1-3H3,(H2,24,32,33). The Balaban J connectivity index is 1.47. The van der Waals surface area contributed by atoms with Crippen molar-refractivity contribution in [3.05, 3.63) is 71.6 Å². The van der Waals surface area contributed by atoms with E-state index < -0.39 is 28.3 Å². The Hall–Kier alpha value is -3.70. The fraction of sp³-hybridized carbons (Fsp3) is 0.261. The Morgan fingerprint density at radius 3 is 2.35 bits per heavy atom. The van der Waals surface area contributed by atoms with Gasteiger partial charge in [0, 0.05) is 24.6 Å². The largest absolute Gasteiger partial charge is 0.328 e. The highest BCUT2D eigenvalue weighted by Gasteiger charge is 2.54. The Kier molecular flexibility index (Phi) is 4.99. The molecule has 3 amide bonds. The van der Waals surface area contributed by atoms with E-state index in [1.807, 2.05) is 49.2 Å². The van der Waals surface area contributed by atoms with E-state index in [-0.39, 0.29) is 17.3 Å². The number of nitrogens with zero attached hydrogens (tertiary/aromatic N) is 5. The molecule has 34 heavy (non-hydrogen) atoms. The molecule has 0 aromatic heterocycles. The smallest absolute Gasteiger partial charge is 0.302 e. The summed E-state index contributed by atoms with van der Waals surface area (Å²) in [5.41, 5.74) is 3.37. The SMILES string of the molecule is CC1=CN2C(=NC3C2C(=O)N(Cc2ccccc2C)C(=O)N3C)N1c1ccc(S(N)(=O)=O)cc1. The number of nitrogens with two attached hydrogens (primary N) is 1. The number of primary sulfonamides is 1. The van der Waals surface area contributed by atoms with Gasteiger partial charge in [-0.15, -0.1) is 0 Å². The molecule has 11 heteroatoms. The predicted octanol–water partition coefficient (Wildman–Crippen LogP) is 1.78. The number of imide groups is 1. The molecule has 0 radical (unpaired) electrons. The highest BCUT2D eigenvalue weighted by atomic mass is 32.2. The van der Waals surface area contributed by atoms with Gasteiger partial charge < -0.3 is 9.80 Å². The van der Waals surface area contributed by atoms with Crippen molar-refractivity contribution in [2.24, 2.45) is 10.1 Å². The average Bonchev–Trinajstić information content (AvgIpc) is 3.30. The van der Waals surface area contributed by atoms with Gasteiger partial charge in [0.05, 0.1) is 11.4 Å². The van der Waals surface area contributed by atoms with Crippen molar-refractivity contribution in [2.75, 3.05) is 11.9 Å². The summed E-state index contributed by atoms with van der Waals surface area (Å²) < 4.78 is 23.2. The maximum atomic E-state index is 13.6. The molecule has 176 valence electrons. The third-order valence-corrected chi connectivity index (χ3v) is 7.33. The molecular weight excluding hydrogens is 456 g/mol. The van der Waals surface area contributed by atoms with Crippen LogP contribution in [0.4, 0.5) is 10.5 Å². The first-order chi connectivity index (χ1) is 16.1. The molecule has 1 saturated heterocycles. The van der Waals surface area contributed by atoms with Gasteiger partial charge in [0.15, 0.2) is 12.2 Å². The van der Waals surface area contributed by atoms with Crippen molar-refractivity contribution in [2.45, 2.75) is 37.5 Å². The summed E-state index contributed by atoms with van der Waals surface area (Å²) in [4.78, 5) is 37.8. The first-order valence-corrected chi connectivity index (χ1v) is 12.2. The fourth-order valence-electron chi connectivity index (χ4n) is 4.56. The van der Waals surface area contributed by atoms with E-state index in [9.17, 15) is 18.0 Å². The van der Waals surface area contributed by atoms with Crippen molar-refractivity contribution in [3.63, 3.8) is 0 Å². The van der Waals surface area contributed by atoms with E-state index in [1.54, 1.807) is 24.1 Å². The lowest BCUT2D eigenvalue weighted by atomic mass is 10.1. The molecule has 3 aliphatic rings. The molecule has 0 aliphatic carbocycles. The number of allylic oxidation sites excluding steroid dienone is 1. The number of rotatable bonds is 4. The van der Waals surface area contributed by atoms with E-state index in [0.717, 1.165) is 16.8 Å². The summed E-state index contributed by atoms with van der Waals surface area (Å²) in [6.45, 7) is 4.00. The van der Waals surface area contributed by atoms with Gasteiger partial charge in [0.2, 0.25) is 16.0 Å². The van der Waals surface area contributed by atoms with Crippen LogP contribution in [0.2, 0.25) is 0 Å². The molecule has 3 aliphatic heterocycles. The van der Waals surface area contributed by atoms with Gasteiger partial charge in [-0.3, -0.25) is 14.6 Å². The number of carbonyl (C=O) groups is 2. The molecular formula is C23H24N6O4S. The molecule has 1 fully saturated rings. The zero-order valence-electron chi connectivity index (χ0n) is 18.9. The summed E-state index contributed by atoms with van der Waals surface area (Å²) in [7, 11) is -2.17. The molecule has 0 saturated carbocycles. The van der Waals surface area contributed by atoms with Crippen LogP contribution in [0.5, 0.6) is 0 Å². The van der Waals surface area contributed by atoms with Crippen LogP contribution < -0.4 is 10.0 Å². The average molecular weight is 481 g/mol. The molecule has 3 heterocycles. The molecule has 2 aromatic carbocycles. The van der Waals surface area contributed by atoms with Crippen molar-refractivity contribution in [3.8, 4) is 0 Å². The molecule has 2 N–H and O–H groups in total. The minimum absolute atomic E-state index is 0.00307. The normalized spacial score (nSPS) is 22.1. The molecule has 0 bridgehead atoms. The number of fused-ring (bicyclic) bond motifs is 3. The second-order valence-electron chi connectivity index (χ2n) is 8.58. The number of likely N-dealkylation sites (N-methyl/N-ethyl adjacent to an activating group) is 1. The zero-order chi connectivity index (χ0) is 24.4. The molecule has 2 atom stereocenters. The van der Waals surface area contributed by atoms with Gasteiger partial charge in [-0.2, -0.15) is 0 Å². The number of guanidine groups is 1. The second-order valence-corrected chi connectivity index (χ2v) is 10.1. The zero-order valence-corrected chi connectivity index (χ0v) is 19.7. The van der Waals surface area contributed by atoms with Crippen molar-refractivity contribution in [1.82, 2.24) is 14.7 Å². The van der Waals surface area contributed by atoms with Crippen LogP contribution in [-0.2, 0) is 21.4 Å². The lowest BCUT2D eigenvalue weighted by molar-refractivity contribution is -0.137. The Labute approximate surface area is 197 Å². The Morgan fingerprint density at radius 1 is 1.03 bits per heavy atom. The Bertz CT molecular complexity index is 1370. The molecule has 2 aromatic rings. The van der Waals surface area contributed by atoms with Gasteiger partial charge in [0.25, 0.3) is 5.91 Å². The van der Waals surface area contributed by atoms with Gasteiger partial charge in [0.1, 0.15) is 0 Å². The molecule has 2 unspecified atom stereocenters. The van der Waals surface area contributed by atoms with E-state index in [4.69, 9.17) is 10.1 Å². The fourth-order valence-corrected chi connectivity index (χ4v) is 5.08. The molecule has 10 nitrogen and oxygen atoms in total. The number of hydrogen-bond donors (Lipinski definition) is 1. The topological polar surface area (TPSA) is 120 Å². The summed E-state index contributed by atoms with van der Waals surface area (Å²) >= 11 is 0. The van der Waals surface area contributed by atoms with Crippen LogP contribution in [0.3, 0.4) is 0 Å². The summed E-state index contributed by atoms with van der Waals surface area (Å²) in [5, 5.41) is 5.21. The second kappa shape index (κ2) is 7.67. The lowest BCUT2D eigenvalue weighted by Crippen LogP contribution is -2.63. The third kappa shape index (κ3) is 3.35. The van der Waals surface area contributed by atoms with Crippen LogP contribution in [0.25, 0.3) is 0 Å². The maximum Gasteiger partial charge on any atom is 0.328 e. The quantitative estimate of drug-likeness (QED) is 0.713. The number of aryl methyl sites for hydroxylation is 1. The number of anilines is 1. The van der Waals surface area contributed by atoms with Crippen LogP contribution in [0.15, 0.2) is 70.3 Å². The van der Waals surface area contributed by atoms with Crippen molar-refractivity contribution < 1.29 is 18.0 Å². The number of urea groups is 1. The van der Waals surface area contributed by atoms with Gasteiger partial charge in [-0.25, -0.2) is 23.3 Å². The number of amides is 3. The van der Waals surface area contributed by atoms with Gasteiger partial charge in [-0.05, 0) is 49.2 Å². The molecule has 5 rings (SSSR count). The summed E-state index contributed by atoms with van der Waals surface area (Å²) in [5.74, 6) is 0.187. The summed E-state index contributed by atoms with van der Waals surface area (Å²) in [6, 6.07) is 12.7. The van der Waals surface area contributed by atoms with E-state index in [0.29, 0.717) is 11.6 Å². The number of sulfonamides is 1. The predicted molar refractivity (Wildman–Crippen MR) is 126 cm³/mol. The number of hydrogen-bond acceptors (Lipinski definition) is 7. The third-order valence-electron chi connectivity index (χ3n) is 6.40.